The van der Waals surface area contributed by atoms with Crippen LogP contribution in [0.3, 0.4) is 0 Å². The first-order valence-electron chi connectivity index (χ1n) is 1.36. The molecule has 0 radical (unpaired) electrons. The average molecular weight is 101 g/mol. The van der Waals surface area contributed by atoms with Crippen LogP contribution in [0.25, 0.3) is 0 Å². The zero-order chi connectivity index (χ0) is 4.12. The zero-order valence-corrected chi connectivity index (χ0v) is 4.50. The van der Waals surface area contributed by atoms with Crippen molar-refractivity contribution in [1.29, 1.82) is 0 Å². The Morgan fingerprint density at radius 3 is 2.20 bits per heavy atom. The van der Waals surface area contributed by atoms with Gasteiger partial charge in [0.05, 0.1) is 0 Å². The first-order chi connectivity index (χ1) is 2.41. The molecule has 5 heavy (non-hydrogen) atoms. The van der Waals surface area contributed by atoms with E-state index in [2.05, 4.69) is 6.58 Å². The number of allylic oxidation sites excluding steroid dienone is 2. The summed E-state index contributed by atoms with van der Waals surface area (Å²) in [6.07, 6.45) is 3.64. The molecule has 0 saturated carbocycles. The third-order valence-corrected chi connectivity index (χ3v) is 0.533. The molecule has 0 unspecified atom stereocenters. The van der Waals surface area contributed by atoms with Gasteiger partial charge in [-0.3, -0.25) is 0 Å². The molecule has 0 amide bonds. The Balaban J connectivity index is 2.92. The van der Waals surface area contributed by atoms with Gasteiger partial charge in [-0.05, 0) is 0 Å². The molecule has 0 aromatic heterocycles. The Hall–Kier alpha value is 0.194. The molecule has 0 atom stereocenters. The molecule has 0 aliphatic heterocycles. The Labute approximate surface area is 44.0 Å². The van der Waals surface area contributed by atoms with Crippen LogP contribution in [0.15, 0.2) is 23.1 Å². The van der Waals surface area contributed by atoms with Gasteiger partial charge < -0.3 is 0 Å². The second-order valence-corrected chi connectivity index (χ2v) is 1.12. The molecule has 0 spiro atoms. The second-order valence-electron chi connectivity index (χ2n) is 0.595. The summed E-state index contributed by atoms with van der Waals surface area (Å²) in [6.45, 7) is 3.46. The van der Waals surface area contributed by atoms with Crippen LogP contribution < -0.4 is 0 Å². The maximum atomic E-state index is 3.46. The van der Waals surface area contributed by atoms with E-state index in [4.69, 9.17) is 0 Å². The molecular formula is C4H5Ti. The van der Waals surface area contributed by atoms with Gasteiger partial charge in [0.1, 0.15) is 0 Å². The van der Waals surface area contributed by atoms with Gasteiger partial charge in [0, 0.05) is 0 Å². The van der Waals surface area contributed by atoms with E-state index >= 15 is 0 Å². The van der Waals surface area contributed by atoms with Crippen LogP contribution >= 0.6 is 0 Å². The predicted octanol–water partition coefficient (Wildman–Crippen LogP) is 1.23. The predicted molar refractivity (Wildman–Crippen MR) is 19.3 cm³/mol. The van der Waals surface area contributed by atoms with Crippen LogP contribution in [0.4, 0.5) is 0 Å². The van der Waals surface area contributed by atoms with Crippen molar-refractivity contribution in [3.05, 3.63) is 23.1 Å². The summed E-state index contributed by atoms with van der Waals surface area (Å²) in [6, 6.07) is 0. The standard InChI is InChI=1S/C4H5.Ti/c1-3-4-2;/h1,3-4H,2H2;. The normalized spacial score (nSPS) is 8.60. The fraction of sp³-hybridized carbons (Fsp3) is 0. The summed E-state index contributed by atoms with van der Waals surface area (Å²) in [4.78, 5) is 0. The van der Waals surface area contributed by atoms with Crippen molar-refractivity contribution in [2.45, 2.75) is 0 Å². The summed E-state index contributed by atoms with van der Waals surface area (Å²) in [5.41, 5.74) is 0. The minimum atomic E-state index is 1.75. The van der Waals surface area contributed by atoms with Crippen molar-refractivity contribution < 1.29 is 20.4 Å². The van der Waals surface area contributed by atoms with E-state index in [-0.39, 0.29) is 0 Å². The molecule has 0 aromatic rings. The third kappa shape index (κ3) is 4.19. The van der Waals surface area contributed by atoms with Crippen LogP contribution in [0.5, 0.6) is 0 Å². The van der Waals surface area contributed by atoms with Crippen molar-refractivity contribution in [3.8, 4) is 0 Å². The van der Waals surface area contributed by atoms with Crippen molar-refractivity contribution >= 4 is 0 Å². The molecule has 0 fully saturated rings. The zero-order valence-electron chi connectivity index (χ0n) is 2.94. The molecule has 0 N–H and O–H groups in total. The average Bonchev–Trinajstić information content (AvgIpc) is 1.41. The van der Waals surface area contributed by atoms with Crippen molar-refractivity contribution in [3.63, 3.8) is 0 Å². The molecule has 0 aromatic carbocycles. The number of hydrogen-bond donors (Lipinski definition) is 0. The van der Waals surface area contributed by atoms with Crippen LogP contribution in [-0.4, -0.2) is 0 Å². The Kier molecular flexibility index (Phi) is 4.36. The van der Waals surface area contributed by atoms with E-state index in [1.807, 2.05) is 30.9 Å². The van der Waals surface area contributed by atoms with Gasteiger partial charge in [0.2, 0.25) is 0 Å². The van der Waals surface area contributed by atoms with Gasteiger partial charge in [-0.25, -0.2) is 0 Å². The monoisotopic (exact) mass is 101 g/mol. The van der Waals surface area contributed by atoms with E-state index in [1.165, 1.54) is 0 Å². The van der Waals surface area contributed by atoms with Gasteiger partial charge in [-0.15, -0.1) is 0 Å². The van der Waals surface area contributed by atoms with E-state index in [1.54, 1.807) is 6.08 Å². The first-order valence-corrected chi connectivity index (χ1v) is 2.27. The summed E-state index contributed by atoms with van der Waals surface area (Å²) in [5.74, 6) is 0. The molecule has 0 heterocycles. The van der Waals surface area contributed by atoms with Gasteiger partial charge >= 0.3 is 43.5 Å². The molecule has 0 rings (SSSR count). The Morgan fingerprint density at radius 1 is 1.60 bits per heavy atom. The third-order valence-electron chi connectivity index (χ3n) is 0.232. The van der Waals surface area contributed by atoms with Gasteiger partial charge in [0.25, 0.3) is 0 Å². The molecule has 0 nitrogen and oxygen atoms in total. The first kappa shape index (κ1) is 5.19. The van der Waals surface area contributed by atoms with Gasteiger partial charge in [-0.2, -0.15) is 0 Å². The van der Waals surface area contributed by atoms with Crippen molar-refractivity contribution in [1.82, 2.24) is 0 Å². The van der Waals surface area contributed by atoms with Crippen molar-refractivity contribution in [2.24, 2.45) is 0 Å². The quantitative estimate of drug-likeness (QED) is 0.344. The van der Waals surface area contributed by atoms with E-state index in [0.29, 0.717) is 0 Å². The molecule has 0 aliphatic rings. The van der Waals surface area contributed by atoms with Crippen molar-refractivity contribution in [2.75, 3.05) is 0 Å². The van der Waals surface area contributed by atoms with Crippen LogP contribution in [-0.2, 0) is 20.4 Å². The molecular weight excluding hydrogens is 95.9 g/mol. The molecule has 0 saturated heterocycles. The maximum absolute atomic E-state index is 3.46. The SMILES string of the molecule is C=CC=[CH][Ti]. The fourth-order valence-electron chi connectivity index (χ4n) is 0.0680. The summed E-state index contributed by atoms with van der Waals surface area (Å²) in [7, 11) is 0. The fourth-order valence-corrected chi connectivity index (χ4v) is 0.281. The van der Waals surface area contributed by atoms with Gasteiger partial charge in [0.15, 0.2) is 0 Å². The van der Waals surface area contributed by atoms with Crippen LogP contribution in [0.2, 0.25) is 0 Å². The van der Waals surface area contributed by atoms with Crippen LogP contribution in [0, 0.1) is 0 Å². The Morgan fingerprint density at radius 2 is 2.20 bits per heavy atom. The second kappa shape index (κ2) is 4.19. The number of hydrogen-bond acceptors (Lipinski definition) is 0. The minimum absolute atomic E-state index is 1.75. The van der Waals surface area contributed by atoms with E-state index in [0.717, 1.165) is 0 Å². The van der Waals surface area contributed by atoms with E-state index in [9.17, 15) is 0 Å². The molecule has 0 bridgehead atoms. The summed E-state index contributed by atoms with van der Waals surface area (Å²) >= 11 is 1.96. The van der Waals surface area contributed by atoms with E-state index < -0.39 is 0 Å². The topological polar surface area (TPSA) is 0 Å². The summed E-state index contributed by atoms with van der Waals surface area (Å²) in [5, 5.41) is 0. The number of rotatable bonds is 1. The van der Waals surface area contributed by atoms with Gasteiger partial charge in [-0.1, -0.05) is 0 Å². The van der Waals surface area contributed by atoms with Crippen LogP contribution in [0.1, 0.15) is 0 Å². The summed E-state index contributed by atoms with van der Waals surface area (Å²) < 4.78 is 1.94. The molecule has 25 valence electrons. The Bertz CT molecular complexity index is 45.6. The molecule has 0 aliphatic carbocycles. The molecule has 1 heteroatoms.